The molecule has 18 heavy (non-hydrogen) atoms. The maximum Gasteiger partial charge on any atom is 0.257 e. The van der Waals surface area contributed by atoms with Gasteiger partial charge in [-0.1, -0.05) is 13.8 Å². The summed E-state index contributed by atoms with van der Waals surface area (Å²) in [4.78, 5) is 8.50. The van der Waals surface area contributed by atoms with Crippen LogP contribution in [0.4, 0.5) is 8.78 Å². The Bertz CT molecular complexity index is 522. The highest BCUT2D eigenvalue weighted by atomic mass is 19.3. The molecule has 0 spiro atoms. The van der Waals surface area contributed by atoms with E-state index in [-0.39, 0.29) is 5.92 Å². The molecule has 0 atom stereocenters. The van der Waals surface area contributed by atoms with Crippen molar-refractivity contribution in [2.75, 3.05) is 0 Å². The Morgan fingerprint density at radius 3 is 2.67 bits per heavy atom. The summed E-state index contributed by atoms with van der Waals surface area (Å²) in [5.41, 5.74) is 2.02. The minimum atomic E-state index is -2.41. The fourth-order valence-electron chi connectivity index (χ4n) is 1.52. The molecule has 2 heterocycles. The lowest BCUT2D eigenvalue weighted by atomic mass is 10.1. The minimum absolute atomic E-state index is 0.264. The van der Waals surface area contributed by atoms with E-state index in [1.54, 1.807) is 18.5 Å². The lowest BCUT2D eigenvalue weighted by Gasteiger charge is -2.04. The Hall–Kier alpha value is -1.85. The first-order valence-electron chi connectivity index (χ1n) is 5.70. The Kier molecular flexibility index (Phi) is 3.64. The smallest absolute Gasteiger partial charge is 0.257 e. The molecule has 0 radical (unpaired) electrons. The third kappa shape index (κ3) is 2.88. The molecular weight excluding hydrogens is 238 g/mol. The maximum atomic E-state index is 12.2. The van der Waals surface area contributed by atoms with Crippen LogP contribution in [-0.4, -0.2) is 26.2 Å². The third-order valence-corrected chi connectivity index (χ3v) is 2.47. The number of hydrogen-bond acceptors (Lipinski definition) is 3. The van der Waals surface area contributed by atoms with Gasteiger partial charge in [0, 0.05) is 12.4 Å². The van der Waals surface area contributed by atoms with Crippen molar-refractivity contribution in [2.45, 2.75) is 32.7 Å². The quantitative estimate of drug-likeness (QED) is 0.840. The van der Waals surface area contributed by atoms with E-state index in [1.807, 2.05) is 13.8 Å². The molecule has 0 amide bonds. The molecule has 0 aliphatic heterocycles. The standard InChI is InChI=1S/C12H14F2N4/c1-8(2)10-5-15-6-11(16-10)9-3-4-18(17-9)7-12(13)14/h3-6,8,12H,7H2,1-2H3. The molecule has 6 heteroatoms. The van der Waals surface area contributed by atoms with Gasteiger partial charge in [-0.15, -0.1) is 0 Å². The summed E-state index contributed by atoms with van der Waals surface area (Å²) < 4.78 is 25.6. The molecule has 0 N–H and O–H groups in total. The third-order valence-electron chi connectivity index (χ3n) is 2.47. The second-order valence-electron chi connectivity index (χ2n) is 4.30. The van der Waals surface area contributed by atoms with E-state index in [9.17, 15) is 8.78 Å². The predicted octanol–water partition coefficient (Wildman–Crippen LogP) is 2.73. The van der Waals surface area contributed by atoms with Gasteiger partial charge in [0.05, 0.1) is 11.9 Å². The molecule has 0 fully saturated rings. The van der Waals surface area contributed by atoms with Crippen molar-refractivity contribution in [1.29, 1.82) is 0 Å². The van der Waals surface area contributed by atoms with Crippen LogP contribution in [0, 0.1) is 0 Å². The molecule has 0 saturated heterocycles. The highest BCUT2D eigenvalue weighted by molar-refractivity contribution is 5.51. The van der Waals surface area contributed by atoms with Crippen LogP contribution in [-0.2, 0) is 6.54 Å². The van der Waals surface area contributed by atoms with E-state index >= 15 is 0 Å². The number of halogens is 2. The topological polar surface area (TPSA) is 43.6 Å². The lowest BCUT2D eigenvalue weighted by Crippen LogP contribution is -2.07. The molecular formula is C12H14F2N4. The van der Waals surface area contributed by atoms with Gasteiger partial charge >= 0.3 is 0 Å². The lowest BCUT2D eigenvalue weighted by molar-refractivity contribution is 0.122. The second kappa shape index (κ2) is 5.20. The summed E-state index contributed by atoms with van der Waals surface area (Å²) in [5, 5.41) is 4.06. The number of alkyl halides is 2. The Morgan fingerprint density at radius 2 is 2.00 bits per heavy atom. The molecule has 0 saturated carbocycles. The van der Waals surface area contributed by atoms with Crippen molar-refractivity contribution in [3.05, 3.63) is 30.4 Å². The van der Waals surface area contributed by atoms with Crippen LogP contribution < -0.4 is 0 Å². The van der Waals surface area contributed by atoms with Crippen LogP contribution in [0.15, 0.2) is 24.7 Å². The second-order valence-corrected chi connectivity index (χ2v) is 4.30. The van der Waals surface area contributed by atoms with Gasteiger partial charge in [0.2, 0.25) is 0 Å². The van der Waals surface area contributed by atoms with Crippen molar-refractivity contribution in [1.82, 2.24) is 19.7 Å². The molecule has 2 rings (SSSR count). The Labute approximate surface area is 104 Å². The number of nitrogens with zero attached hydrogens (tertiary/aromatic N) is 4. The summed E-state index contributed by atoms with van der Waals surface area (Å²) in [6.07, 6.45) is 2.39. The van der Waals surface area contributed by atoms with Crippen LogP contribution in [0.1, 0.15) is 25.5 Å². The van der Waals surface area contributed by atoms with E-state index < -0.39 is 13.0 Å². The van der Waals surface area contributed by atoms with E-state index in [4.69, 9.17) is 0 Å². The minimum Gasteiger partial charge on any atom is -0.266 e. The Balaban J connectivity index is 2.25. The highest BCUT2D eigenvalue weighted by Crippen LogP contribution is 2.17. The first kappa shape index (κ1) is 12.6. The van der Waals surface area contributed by atoms with E-state index in [1.165, 1.54) is 10.9 Å². The van der Waals surface area contributed by atoms with Crippen LogP contribution in [0.3, 0.4) is 0 Å². The molecule has 0 aromatic carbocycles. The van der Waals surface area contributed by atoms with Gasteiger partial charge in [-0.3, -0.25) is 9.67 Å². The van der Waals surface area contributed by atoms with Crippen molar-refractivity contribution in [3.63, 3.8) is 0 Å². The van der Waals surface area contributed by atoms with Gasteiger partial charge in [-0.25, -0.2) is 13.8 Å². The number of aromatic nitrogens is 4. The van der Waals surface area contributed by atoms with Gasteiger partial charge < -0.3 is 0 Å². The maximum absolute atomic E-state index is 12.2. The van der Waals surface area contributed by atoms with Gasteiger partial charge in [0.1, 0.15) is 17.9 Å². The zero-order valence-electron chi connectivity index (χ0n) is 10.2. The Morgan fingerprint density at radius 1 is 1.22 bits per heavy atom. The molecule has 4 nitrogen and oxygen atoms in total. The zero-order chi connectivity index (χ0) is 13.1. The zero-order valence-corrected chi connectivity index (χ0v) is 10.2. The van der Waals surface area contributed by atoms with Crippen molar-refractivity contribution in [2.24, 2.45) is 0 Å². The summed E-state index contributed by atoms with van der Waals surface area (Å²) in [6.45, 7) is 3.63. The molecule has 0 aliphatic rings. The highest BCUT2D eigenvalue weighted by Gasteiger charge is 2.10. The van der Waals surface area contributed by atoms with E-state index in [0.29, 0.717) is 11.4 Å². The first-order chi connectivity index (χ1) is 8.56. The predicted molar refractivity (Wildman–Crippen MR) is 63.3 cm³/mol. The SMILES string of the molecule is CC(C)c1cncc(-c2ccn(CC(F)F)n2)n1. The molecule has 0 bridgehead atoms. The summed E-state index contributed by atoms with van der Waals surface area (Å²) in [5.74, 6) is 0.264. The molecule has 0 aliphatic carbocycles. The molecule has 2 aromatic rings. The summed E-state index contributed by atoms with van der Waals surface area (Å²) in [7, 11) is 0. The normalized spacial score (nSPS) is 11.4. The van der Waals surface area contributed by atoms with Crippen LogP contribution in [0.2, 0.25) is 0 Å². The van der Waals surface area contributed by atoms with Gasteiger partial charge in [0.25, 0.3) is 6.43 Å². The van der Waals surface area contributed by atoms with Crippen LogP contribution in [0.5, 0.6) is 0 Å². The summed E-state index contributed by atoms with van der Waals surface area (Å²) >= 11 is 0. The van der Waals surface area contributed by atoms with Crippen molar-refractivity contribution in [3.8, 4) is 11.4 Å². The first-order valence-corrected chi connectivity index (χ1v) is 5.70. The molecule has 2 aromatic heterocycles. The molecule has 0 unspecified atom stereocenters. The van der Waals surface area contributed by atoms with Gasteiger partial charge in [-0.2, -0.15) is 5.10 Å². The largest absolute Gasteiger partial charge is 0.266 e. The number of hydrogen-bond donors (Lipinski definition) is 0. The van der Waals surface area contributed by atoms with Crippen molar-refractivity contribution < 1.29 is 8.78 Å². The van der Waals surface area contributed by atoms with Crippen molar-refractivity contribution >= 4 is 0 Å². The number of rotatable bonds is 4. The fourth-order valence-corrected chi connectivity index (χ4v) is 1.52. The van der Waals surface area contributed by atoms with Gasteiger partial charge in [-0.05, 0) is 12.0 Å². The van der Waals surface area contributed by atoms with E-state index in [2.05, 4.69) is 15.1 Å². The summed E-state index contributed by atoms with van der Waals surface area (Å²) in [6, 6.07) is 1.66. The average molecular weight is 252 g/mol. The fraction of sp³-hybridized carbons (Fsp3) is 0.417. The average Bonchev–Trinajstić information content (AvgIpc) is 2.77. The van der Waals surface area contributed by atoms with Crippen LogP contribution in [0.25, 0.3) is 11.4 Å². The van der Waals surface area contributed by atoms with Crippen LogP contribution >= 0.6 is 0 Å². The molecule has 96 valence electrons. The van der Waals surface area contributed by atoms with Gasteiger partial charge in [0.15, 0.2) is 0 Å². The van der Waals surface area contributed by atoms with E-state index in [0.717, 1.165) is 5.69 Å². The monoisotopic (exact) mass is 252 g/mol.